The number of carbonyl (C=O) groups is 1. The molecule has 2 saturated heterocycles. The zero-order valence-corrected chi connectivity index (χ0v) is 26.1. The third kappa shape index (κ3) is 6.25. The predicted molar refractivity (Wildman–Crippen MR) is 177 cm³/mol. The van der Waals surface area contributed by atoms with Gasteiger partial charge < -0.3 is 19.4 Å². The minimum atomic E-state index is -0.0304. The third-order valence-corrected chi connectivity index (χ3v) is 10.2. The Bertz CT molecular complexity index is 1560. The number of anilines is 2. The van der Waals surface area contributed by atoms with Crippen molar-refractivity contribution < 1.29 is 9.53 Å². The summed E-state index contributed by atoms with van der Waals surface area (Å²) < 4.78 is 6.42. The fourth-order valence-corrected chi connectivity index (χ4v) is 7.75. The van der Waals surface area contributed by atoms with Crippen molar-refractivity contribution in [1.29, 1.82) is 0 Å². The maximum atomic E-state index is 12.3. The van der Waals surface area contributed by atoms with Crippen molar-refractivity contribution in [2.75, 3.05) is 62.2 Å². The SMILES string of the molecule is C=CC(=O)N1CCN(c2nc(OCC3CCN(C4CCCCC4)C3)nc3c2CCN(c2cc(N=O)cc4ccccc24)C3)CC1. The van der Waals surface area contributed by atoms with Gasteiger partial charge in [-0.25, -0.2) is 0 Å². The van der Waals surface area contributed by atoms with E-state index in [1.807, 2.05) is 35.2 Å². The molecule has 4 aliphatic rings. The molecule has 2 aromatic carbocycles. The van der Waals surface area contributed by atoms with Gasteiger partial charge in [0.15, 0.2) is 0 Å². The lowest BCUT2D eigenvalue weighted by Crippen LogP contribution is -2.49. The maximum Gasteiger partial charge on any atom is 0.318 e. The summed E-state index contributed by atoms with van der Waals surface area (Å²) >= 11 is 0. The van der Waals surface area contributed by atoms with E-state index in [0.717, 1.165) is 72.1 Å². The number of aromatic nitrogens is 2. The number of piperazine rings is 1. The molecule has 236 valence electrons. The average Bonchev–Trinajstić information content (AvgIpc) is 3.59. The van der Waals surface area contributed by atoms with Crippen LogP contribution < -0.4 is 14.5 Å². The number of nitrogens with zero attached hydrogens (tertiary/aromatic N) is 7. The summed E-state index contributed by atoms with van der Waals surface area (Å²) in [6, 6.07) is 13.0. The summed E-state index contributed by atoms with van der Waals surface area (Å²) in [6.07, 6.45) is 10.0. The number of likely N-dealkylation sites (tertiary alicyclic amines) is 1. The van der Waals surface area contributed by atoms with E-state index < -0.39 is 0 Å². The molecule has 1 unspecified atom stereocenters. The van der Waals surface area contributed by atoms with E-state index >= 15 is 0 Å². The molecular weight excluding hydrogens is 566 g/mol. The quantitative estimate of drug-likeness (QED) is 0.246. The summed E-state index contributed by atoms with van der Waals surface area (Å²) in [5, 5.41) is 5.35. The molecular formula is C35H43N7O3. The molecule has 0 radical (unpaired) electrons. The van der Waals surface area contributed by atoms with Crippen LogP contribution in [0.3, 0.4) is 0 Å². The number of ether oxygens (including phenoxy) is 1. The molecule has 0 N–H and O–H groups in total. The first-order valence-electron chi connectivity index (χ1n) is 16.6. The zero-order chi connectivity index (χ0) is 30.8. The number of benzene rings is 2. The minimum Gasteiger partial charge on any atom is -0.463 e. The molecule has 10 nitrogen and oxygen atoms in total. The molecule has 1 aliphatic carbocycles. The second kappa shape index (κ2) is 13.1. The number of nitroso groups, excluding NO2 is 1. The molecule has 0 spiro atoms. The van der Waals surface area contributed by atoms with Crippen molar-refractivity contribution >= 4 is 33.9 Å². The second-order valence-corrected chi connectivity index (χ2v) is 13.0. The van der Waals surface area contributed by atoms with E-state index in [2.05, 4.69) is 32.5 Å². The monoisotopic (exact) mass is 609 g/mol. The highest BCUT2D eigenvalue weighted by atomic mass is 16.5. The summed E-state index contributed by atoms with van der Waals surface area (Å²) in [4.78, 5) is 43.0. The van der Waals surface area contributed by atoms with Crippen molar-refractivity contribution in [1.82, 2.24) is 19.8 Å². The number of carbonyl (C=O) groups excluding carboxylic acids is 1. The van der Waals surface area contributed by atoms with Gasteiger partial charge in [0.1, 0.15) is 11.5 Å². The Morgan fingerprint density at radius 2 is 1.80 bits per heavy atom. The van der Waals surface area contributed by atoms with E-state index in [1.165, 1.54) is 38.2 Å². The summed E-state index contributed by atoms with van der Waals surface area (Å²) in [7, 11) is 0. The van der Waals surface area contributed by atoms with Crippen LogP contribution in [0.1, 0.15) is 49.8 Å². The van der Waals surface area contributed by atoms with Crippen LogP contribution in [0, 0.1) is 10.8 Å². The van der Waals surface area contributed by atoms with Crippen molar-refractivity contribution in [2.24, 2.45) is 11.1 Å². The highest BCUT2D eigenvalue weighted by Gasteiger charge is 2.32. The van der Waals surface area contributed by atoms with E-state index in [1.54, 1.807) is 0 Å². The number of rotatable bonds is 8. The van der Waals surface area contributed by atoms with Gasteiger partial charge in [0.2, 0.25) is 5.91 Å². The molecule has 3 fully saturated rings. The molecule has 3 aromatic rings. The van der Waals surface area contributed by atoms with Crippen LogP contribution in [0.2, 0.25) is 0 Å². The normalized spacial score (nSPS) is 21.2. The Morgan fingerprint density at radius 1 is 0.978 bits per heavy atom. The molecule has 1 saturated carbocycles. The third-order valence-electron chi connectivity index (χ3n) is 10.2. The molecule has 10 heteroatoms. The molecule has 1 aromatic heterocycles. The second-order valence-electron chi connectivity index (χ2n) is 13.0. The highest BCUT2D eigenvalue weighted by Crippen LogP contribution is 2.37. The average molecular weight is 610 g/mol. The van der Waals surface area contributed by atoms with Crippen LogP contribution >= 0.6 is 0 Å². The van der Waals surface area contributed by atoms with Crippen LogP contribution in [0.4, 0.5) is 17.2 Å². The Kier molecular flexibility index (Phi) is 8.65. The Hall–Kier alpha value is -4.05. The zero-order valence-electron chi connectivity index (χ0n) is 26.1. The molecule has 7 rings (SSSR count). The van der Waals surface area contributed by atoms with Gasteiger partial charge in [-0.3, -0.25) is 9.69 Å². The summed E-state index contributed by atoms with van der Waals surface area (Å²) in [5.74, 6) is 1.37. The van der Waals surface area contributed by atoms with Crippen LogP contribution in [0.15, 0.2) is 54.2 Å². The number of hydrogen-bond donors (Lipinski definition) is 0. The largest absolute Gasteiger partial charge is 0.463 e. The number of amides is 1. The van der Waals surface area contributed by atoms with Crippen LogP contribution in [-0.4, -0.2) is 84.1 Å². The van der Waals surface area contributed by atoms with Gasteiger partial charge in [0.25, 0.3) is 0 Å². The standard InChI is InChI=1S/C35H43N7O3/c1-2-33(43)39-16-18-40(19-17-39)34-30-13-15-42(32-21-27(38-44)20-26-8-6-7-11-29(26)32)23-31(30)36-35(37-34)45-24-25-12-14-41(22-25)28-9-4-3-5-10-28/h2,6-8,11,20-21,25,28H,1,3-5,9-10,12-19,22-24H2. The Morgan fingerprint density at radius 3 is 2.60 bits per heavy atom. The number of hydrogen-bond acceptors (Lipinski definition) is 9. The van der Waals surface area contributed by atoms with E-state index in [9.17, 15) is 9.70 Å². The molecule has 45 heavy (non-hydrogen) atoms. The molecule has 4 heterocycles. The van der Waals surface area contributed by atoms with E-state index in [4.69, 9.17) is 14.7 Å². The van der Waals surface area contributed by atoms with Gasteiger partial charge in [0, 0.05) is 67.9 Å². The van der Waals surface area contributed by atoms with Crippen molar-refractivity contribution in [3.63, 3.8) is 0 Å². The van der Waals surface area contributed by atoms with Gasteiger partial charge in [-0.2, -0.15) is 9.97 Å². The molecule has 1 amide bonds. The van der Waals surface area contributed by atoms with Gasteiger partial charge in [0.05, 0.1) is 18.8 Å². The number of fused-ring (bicyclic) bond motifs is 2. The van der Waals surface area contributed by atoms with Crippen molar-refractivity contribution in [3.8, 4) is 6.01 Å². The van der Waals surface area contributed by atoms with Gasteiger partial charge >= 0.3 is 6.01 Å². The Balaban J connectivity index is 1.14. The van der Waals surface area contributed by atoms with E-state index in [-0.39, 0.29) is 5.91 Å². The molecule has 0 bridgehead atoms. The lowest BCUT2D eigenvalue weighted by molar-refractivity contribution is -0.126. The van der Waals surface area contributed by atoms with Crippen LogP contribution in [0.5, 0.6) is 6.01 Å². The fourth-order valence-electron chi connectivity index (χ4n) is 7.75. The molecule has 1 atom stereocenters. The topological polar surface area (TPSA) is 94.5 Å². The van der Waals surface area contributed by atoms with Gasteiger partial charge in [-0.05, 0) is 61.0 Å². The first-order chi connectivity index (χ1) is 22.1. The van der Waals surface area contributed by atoms with E-state index in [0.29, 0.717) is 56.9 Å². The first kappa shape index (κ1) is 29.6. The lowest BCUT2D eigenvalue weighted by Gasteiger charge is -2.38. The lowest BCUT2D eigenvalue weighted by atomic mass is 9.94. The minimum absolute atomic E-state index is 0.0304. The smallest absolute Gasteiger partial charge is 0.318 e. The van der Waals surface area contributed by atoms with Crippen molar-refractivity contribution in [3.05, 3.63) is 65.2 Å². The summed E-state index contributed by atoms with van der Waals surface area (Å²) in [5.41, 5.74) is 3.50. The van der Waals surface area contributed by atoms with Gasteiger partial charge in [-0.15, -0.1) is 4.91 Å². The van der Waals surface area contributed by atoms with Crippen LogP contribution in [-0.2, 0) is 17.8 Å². The summed E-state index contributed by atoms with van der Waals surface area (Å²) in [6.45, 7) is 10.5. The van der Waals surface area contributed by atoms with Crippen LogP contribution in [0.25, 0.3) is 10.8 Å². The maximum absolute atomic E-state index is 12.3. The van der Waals surface area contributed by atoms with Gasteiger partial charge in [-0.1, -0.05) is 50.1 Å². The highest BCUT2D eigenvalue weighted by molar-refractivity contribution is 5.97. The predicted octanol–water partition coefficient (Wildman–Crippen LogP) is 5.46. The molecule has 3 aliphatic heterocycles. The van der Waals surface area contributed by atoms with Crippen molar-refractivity contribution in [2.45, 2.75) is 57.5 Å². The Labute approximate surface area is 265 Å². The fraction of sp³-hybridized carbons (Fsp3) is 0.514. The first-order valence-corrected chi connectivity index (χ1v) is 16.6.